The normalized spacial score (nSPS) is 13.4. The van der Waals surface area contributed by atoms with Crippen molar-refractivity contribution >= 4 is 44.6 Å². The molecule has 0 fully saturated rings. The van der Waals surface area contributed by atoms with E-state index >= 15 is 0 Å². The summed E-state index contributed by atoms with van der Waals surface area (Å²) >= 11 is 0. The molecule has 0 atom stereocenters. The highest BCUT2D eigenvalue weighted by atomic mass is 16.5. The van der Waals surface area contributed by atoms with E-state index in [1.165, 1.54) is 50.1 Å². The summed E-state index contributed by atoms with van der Waals surface area (Å²) in [6.45, 7) is 23.7. The van der Waals surface area contributed by atoms with Gasteiger partial charge in [0.05, 0.1) is 22.4 Å². The Morgan fingerprint density at radius 2 is 0.925 bits per heavy atom. The van der Waals surface area contributed by atoms with Crippen LogP contribution < -0.4 is 14.5 Å². The van der Waals surface area contributed by atoms with E-state index in [1.54, 1.807) is 0 Å². The van der Waals surface area contributed by atoms with E-state index in [0.717, 1.165) is 45.1 Å². The van der Waals surface area contributed by atoms with E-state index in [4.69, 9.17) is 9.72 Å². The number of rotatable bonds is 9. The number of nitrogens with zero attached hydrogens (tertiary/aromatic N) is 4. The quantitative estimate of drug-likeness (QED) is 0.145. The third-order valence-electron chi connectivity index (χ3n) is 14.2. The molecular weight excluding hydrogens is 817 g/mol. The van der Waals surface area contributed by atoms with Crippen molar-refractivity contribution in [2.24, 2.45) is 0 Å². The number of para-hydroxylation sites is 3. The number of hydrogen-bond donors (Lipinski definition) is 0. The number of pyridine rings is 1. The maximum absolute atomic E-state index is 7.11. The molecule has 2 aromatic heterocycles. The van der Waals surface area contributed by atoms with Gasteiger partial charge in [-0.1, -0.05) is 166 Å². The third kappa shape index (κ3) is 8.05. The number of benzene rings is 7. The van der Waals surface area contributed by atoms with Gasteiger partial charge in [-0.2, -0.15) is 0 Å². The monoisotopic (exact) mass is 878 g/mol. The smallest absolute Gasteiger partial charge is 0.137 e. The van der Waals surface area contributed by atoms with Crippen LogP contribution in [0.15, 0.2) is 182 Å². The average molecular weight is 879 g/mol. The van der Waals surface area contributed by atoms with Crippen LogP contribution in [0.2, 0.25) is 0 Å². The van der Waals surface area contributed by atoms with Crippen molar-refractivity contribution in [2.75, 3.05) is 16.5 Å². The number of aromatic nitrogens is 2. The summed E-state index contributed by atoms with van der Waals surface area (Å²) < 4.78 is 9.40. The molecule has 0 saturated heterocycles. The first-order chi connectivity index (χ1) is 32.0. The molecule has 5 heteroatoms. The molecule has 1 aliphatic rings. The summed E-state index contributed by atoms with van der Waals surface area (Å²) in [5, 5.41) is 2.32. The lowest BCUT2D eigenvalue weighted by atomic mass is 9.78. The van der Waals surface area contributed by atoms with Gasteiger partial charge in [0.2, 0.25) is 0 Å². The van der Waals surface area contributed by atoms with Crippen molar-refractivity contribution in [3.8, 4) is 17.3 Å². The predicted octanol–water partition coefficient (Wildman–Crippen LogP) is 16.5. The molecule has 0 N–H and O–H groups in total. The van der Waals surface area contributed by atoms with E-state index in [-0.39, 0.29) is 21.7 Å². The van der Waals surface area contributed by atoms with E-state index in [1.807, 2.05) is 6.20 Å². The fraction of sp³-hybridized carbons (Fsp3) is 0.242. The maximum Gasteiger partial charge on any atom is 0.137 e. The first kappa shape index (κ1) is 43.8. The molecule has 336 valence electrons. The number of anilines is 4. The first-order valence-corrected chi connectivity index (χ1v) is 23.7. The fourth-order valence-corrected chi connectivity index (χ4v) is 9.82. The van der Waals surface area contributed by atoms with Crippen molar-refractivity contribution in [2.45, 2.75) is 90.9 Å². The van der Waals surface area contributed by atoms with Crippen molar-refractivity contribution in [1.29, 1.82) is 0 Å². The second kappa shape index (κ2) is 16.3. The Morgan fingerprint density at radius 3 is 1.54 bits per heavy atom. The second-order valence-corrected chi connectivity index (χ2v) is 21.5. The highest BCUT2D eigenvalue weighted by Gasteiger charge is 2.33. The summed E-state index contributed by atoms with van der Waals surface area (Å²) in [6, 6.07) is 63.8. The lowest BCUT2D eigenvalue weighted by Gasteiger charge is -2.30. The second-order valence-electron chi connectivity index (χ2n) is 21.5. The molecule has 0 spiro atoms. The zero-order chi connectivity index (χ0) is 46.9. The zero-order valence-electron chi connectivity index (χ0n) is 40.7. The Morgan fingerprint density at radius 1 is 0.403 bits per heavy atom. The predicted molar refractivity (Wildman–Crippen MR) is 282 cm³/mol. The SMILES string of the molecule is CC(C)(C)c1cc(N2CN(c3cc(Oc4ccc5c6ccccc6n(-c6cc(C(C)(C)c7ccccc7)ccn6)c5c4)cc(C(C)(C)c4ccccc4)c3)c3ccccc32)cc(C(C)(C)C)c1. The lowest BCUT2D eigenvalue weighted by Crippen LogP contribution is -2.26. The number of ether oxygens (including phenoxy) is 1. The third-order valence-corrected chi connectivity index (χ3v) is 14.2. The molecule has 7 aromatic carbocycles. The standard InChI is InChI=1S/C62H62N4O/c1-59(2,3)45-33-46(60(4,5)6)35-48(34-45)64-41-65(56-28-20-19-27-55(56)64)49-36-47(62(9,10)43-23-15-12-16-24-43)37-51(39-49)67-50-29-30-53-52-25-17-18-26-54(52)66(57(53)40-50)58-38-44(31-32-63-58)61(7,8)42-21-13-11-14-22-42/h11-40H,41H2,1-10H3. The molecule has 3 heterocycles. The minimum Gasteiger partial charge on any atom is -0.457 e. The Hall–Kier alpha value is -7.11. The van der Waals surface area contributed by atoms with Crippen LogP contribution in [-0.2, 0) is 21.7 Å². The van der Waals surface area contributed by atoms with Crippen LogP contribution in [0, 0.1) is 0 Å². The van der Waals surface area contributed by atoms with Gasteiger partial charge < -0.3 is 14.5 Å². The molecule has 10 rings (SSSR count). The maximum atomic E-state index is 7.11. The highest BCUT2D eigenvalue weighted by molar-refractivity contribution is 6.09. The summed E-state index contributed by atoms with van der Waals surface area (Å²) in [5.41, 5.74) is 13.8. The Labute approximate surface area is 397 Å². The van der Waals surface area contributed by atoms with Crippen LogP contribution in [0.3, 0.4) is 0 Å². The summed E-state index contributed by atoms with van der Waals surface area (Å²) in [4.78, 5) is 9.95. The largest absolute Gasteiger partial charge is 0.457 e. The molecule has 5 nitrogen and oxygen atoms in total. The van der Waals surface area contributed by atoms with Crippen LogP contribution in [0.5, 0.6) is 11.5 Å². The molecular formula is C62H62N4O. The van der Waals surface area contributed by atoms with Crippen LogP contribution in [-0.4, -0.2) is 16.2 Å². The topological polar surface area (TPSA) is 33.5 Å². The molecule has 67 heavy (non-hydrogen) atoms. The van der Waals surface area contributed by atoms with Crippen molar-refractivity contribution in [3.63, 3.8) is 0 Å². The number of hydrogen-bond acceptors (Lipinski definition) is 4. The van der Waals surface area contributed by atoms with E-state index in [9.17, 15) is 0 Å². The van der Waals surface area contributed by atoms with Gasteiger partial charge in [0.25, 0.3) is 0 Å². The molecule has 0 bridgehead atoms. The summed E-state index contributed by atoms with van der Waals surface area (Å²) in [5.74, 6) is 2.41. The van der Waals surface area contributed by atoms with Crippen LogP contribution in [0.4, 0.5) is 22.7 Å². The van der Waals surface area contributed by atoms with E-state index in [2.05, 4.69) is 260 Å². The van der Waals surface area contributed by atoms with Crippen molar-refractivity contribution in [1.82, 2.24) is 9.55 Å². The lowest BCUT2D eigenvalue weighted by molar-refractivity contribution is 0.480. The molecule has 0 unspecified atom stereocenters. The van der Waals surface area contributed by atoms with Crippen LogP contribution in [0.25, 0.3) is 27.6 Å². The Balaban J connectivity index is 1.09. The van der Waals surface area contributed by atoms with Crippen molar-refractivity contribution in [3.05, 3.63) is 216 Å². The Bertz CT molecular complexity index is 3240. The van der Waals surface area contributed by atoms with Gasteiger partial charge >= 0.3 is 0 Å². The van der Waals surface area contributed by atoms with Gasteiger partial charge in [-0.3, -0.25) is 4.57 Å². The van der Waals surface area contributed by atoms with Gasteiger partial charge in [0.1, 0.15) is 24.0 Å². The minimum absolute atomic E-state index is 0.00422. The molecule has 0 amide bonds. The Kier molecular flexibility index (Phi) is 10.7. The van der Waals surface area contributed by atoms with E-state index < -0.39 is 0 Å². The van der Waals surface area contributed by atoms with Crippen LogP contribution in [0.1, 0.15) is 103 Å². The summed E-state index contributed by atoms with van der Waals surface area (Å²) in [7, 11) is 0. The minimum atomic E-state index is -0.322. The fourth-order valence-electron chi connectivity index (χ4n) is 9.82. The average Bonchev–Trinajstić information content (AvgIpc) is 3.88. The van der Waals surface area contributed by atoms with Gasteiger partial charge in [-0.25, -0.2) is 4.98 Å². The molecule has 0 saturated carbocycles. The molecule has 0 aliphatic carbocycles. The van der Waals surface area contributed by atoms with Gasteiger partial charge in [-0.15, -0.1) is 0 Å². The van der Waals surface area contributed by atoms with Gasteiger partial charge in [-0.05, 0) is 111 Å². The van der Waals surface area contributed by atoms with Gasteiger partial charge in [0.15, 0.2) is 0 Å². The zero-order valence-corrected chi connectivity index (χ0v) is 40.7. The highest BCUT2D eigenvalue weighted by Crippen LogP contribution is 2.48. The molecule has 9 aromatic rings. The van der Waals surface area contributed by atoms with Gasteiger partial charge in [0, 0.05) is 51.3 Å². The summed E-state index contributed by atoms with van der Waals surface area (Å²) in [6.07, 6.45) is 1.94. The first-order valence-electron chi connectivity index (χ1n) is 23.7. The molecule has 0 radical (unpaired) electrons. The number of fused-ring (bicyclic) bond motifs is 4. The van der Waals surface area contributed by atoms with E-state index in [0.29, 0.717) is 6.67 Å². The van der Waals surface area contributed by atoms with Crippen molar-refractivity contribution < 1.29 is 4.74 Å². The molecule has 1 aliphatic heterocycles. The van der Waals surface area contributed by atoms with Crippen LogP contribution >= 0.6 is 0 Å².